The molecular weight excluding hydrogens is 379 g/mol. The van der Waals surface area contributed by atoms with Crippen molar-refractivity contribution in [2.75, 3.05) is 43.9 Å². The first kappa shape index (κ1) is 20.8. The number of hydrogen-bond acceptors (Lipinski definition) is 5. The molecule has 2 N–H and O–H groups in total. The molecule has 24 heavy (non-hydrogen) atoms. The Bertz CT molecular complexity index is 678. The molecule has 0 aromatic carbocycles. The third kappa shape index (κ3) is 5.13. The van der Waals surface area contributed by atoms with E-state index in [4.69, 9.17) is 5.73 Å². The second kappa shape index (κ2) is 9.91. The van der Waals surface area contributed by atoms with Crippen LogP contribution < -0.4 is 16.2 Å². The van der Waals surface area contributed by atoms with E-state index in [0.717, 1.165) is 31.9 Å². The fourth-order valence-corrected chi connectivity index (χ4v) is 2.41. The summed E-state index contributed by atoms with van der Waals surface area (Å²) in [5.41, 5.74) is 6.88. The number of anilines is 2. The number of hydrogen-bond donors (Lipinski definition) is 1. The summed E-state index contributed by atoms with van der Waals surface area (Å²) in [4.78, 5) is 20.9. The second-order valence-electron chi connectivity index (χ2n) is 5.24. The molecule has 1 aliphatic rings. The minimum Gasteiger partial charge on any atom is -0.418 e. The van der Waals surface area contributed by atoms with Crippen LogP contribution in [-0.4, -0.2) is 47.7 Å². The van der Waals surface area contributed by atoms with E-state index in [2.05, 4.69) is 27.9 Å². The van der Waals surface area contributed by atoms with Crippen LogP contribution in [0.5, 0.6) is 0 Å². The van der Waals surface area contributed by atoms with Crippen molar-refractivity contribution in [2.24, 2.45) is 0 Å². The predicted octanol–water partition coefficient (Wildman–Crippen LogP) is 1.39. The number of aromatic nitrogens is 2. The van der Waals surface area contributed by atoms with Gasteiger partial charge in [0.15, 0.2) is 0 Å². The molecule has 0 aliphatic carbocycles. The molecule has 0 amide bonds. The van der Waals surface area contributed by atoms with Gasteiger partial charge in [-0.1, -0.05) is 25.7 Å². The number of nitrogens with two attached hydrogens (primary N) is 1. The second-order valence-corrected chi connectivity index (χ2v) is 5.24. The first-order chi connectivity index (χ1) is 11.1. The van der Waals surface area contributed by atoms with Crippen LogP contribution >= 0.6 is 0 Å². The summed E-state index contributed by atoms with van der Waals surface area (Å²) in [6.45, 7) is 7.90. The van der Waals surface area contributed by atoms with E-state index >= 15 is 0 Å². The summed E-state index contributed by atoms with van der Waals surface area (Å²) >= 11 is 0. The van der Waals surface area contributed by atoms with E-state index in [0.29, 0.717) is 11.5 Å². The third-order valence-electron chi connectivity index (χ3n) is 3.72. The van der Waals surface area contributed by atoms with Gasteiger partial charge in [0.25, 0.3) is 0 Å². The molecule has 2 aromatic heterocycles. The maximum absolute atomic E-state index is 12.3. The Labute approximate surface area is 168 Å². The van der Waals surface area contributed by atoms with Crippen molar-refractivity contribution in [3.8, 4) is 5.82 Å². The standard InChI is InChI=1S/C15H18N5O.C2H6.Y/c1-18-6-8-19(9-7-18)13-4-5-20(15(21)10-13)14-3-2-12(16)11-17-14;1-2;/h3-5,10-11H,6-9,16H2,1H3;1-2H3;/q-1;;. The molecule has 0 saturated carbocycles. The normalized spacial score (nSPS) is 14.4. The van der Waals surface area contributed by atoms with Crippen LogP contribution in [0.3, 0.4) is 0 Å². The van der Waals surface area contributed by atoms with Crippen molar-refractivity contribution < 1.29 is 32.7 Å². The molecule has 1 radical (unpaired) electrons. The third-order valence-corrected chi connectivity index (χ3v) is 3.72. The molecular formula is C17H24N5OY-. The zero-order chi connectivity index (χ0) is 16.8. The van der Waals surface area contributed by atoms with Gasteiger partial charge in [0.2, 0.25) is 5.56 Å². The number of piperazine rings is 1. The van der Waals surface area contributed by atoms with Gasteiger partial charge in [-0.3, -0.25) is 4.79 Å². The van der Waals surface area contributed by atoms with Gasteiger partial charge < -0.3 is 25.1 Å². The van der Waals surface area contributed by atoms with Gasteiger partial charge in [-0.05, 0) is 13.1 Å². The molecule has 1 aliphatic heterocycles. The van der Waals surface area contributed by atoms with Crippen LogP contribution in [0.2, 0.25) is 0 Å². The minimum atomic E-state index is -0.0999. The quantitative estimate of drug-likeness (QED) is 0.768. The number of pyridine rings is 2. The smallest absolute Gasteiger partial charge is 0.247 e. The fraction of sp³-hybridized carbons (Fsp3) is 0.412. The maximum Gasteiger partial charge on any atom is 0.247 e. The van der Waals surface area contributed by atoms with Gasteiger partial charge >= 0.3 is 0 Å². The van der Waals surface area contributed by atoms with Crippen molar-refractivity contribution >= 4 is 11.4 Å². The van der Waals surface area contributed by atoms with Gasteiger partial charge in [0.05, 0.1) is 0 Å². The average Bonchev–Trinajstić information content (AvgIpc) is 2.58. The molecule has 0 spiro atoms. The van der Waals surface area contributed by atoms with Crippen molar-refractivity contribution in [3.05, 3.63) is 47.0 Å². The number of nitrogens with zero attached hydrogens (tertiary/aromatic N) is 4. The summed E-state index contributed by atoms with van der Waals surface area (Å²) in [6.07, 6.45) is 3.25. The summed E-state index contributed by atoms with van der Waals surface area (Å²) in [7, 11) is 2.11. The summed E-state index contributed by atoms with van der Waals surface area (Å²) in [5, 5.41) is 0. The summed E-state index contributed by atoms with van der Waals surface area (Å²) in [6, 6.07) is 8.07. The van der Waals surface area contributed by atoms with E-state index < -0.39 is 0 Å². The number of likely N-dealkylation sites (N-methyl/N-ethyl adjacent to an activating group) is 1. The Morgan fingerprint density at radius 2 is 1.88 bits per heavy atom. The van der Waals surface area contributed by atoms with Crippen LogP contribution in [0.15, 0.2) is 35.4 Å². The van der Waals surface area contributed by atoms with E-state index in [1.807, 2.05) is 19.9 Å². The van der Waals surface area contributed by atoms with Gasteiger partial charge in [-0.15, -0.1) is 6.07 Å². The van der Waals surface area contributed by atoms with Gasteiger partial charge in [0.1, 0.15) is 0 Å². The van der Waals surface area contributed by atoms with Crippen LogP contribution in [-0.2, 0) is 32.7 Å². The molecule has 6 nitrogen and oxygen atoms in total. The zero-order valence-corrected chi connectivity index (χ0v) is 17.4. The molecule has 2 aromatic rings. The van der Waals surface area contributed by atoms with E-state index in [1.165, 1.54) is 10.8 Å². The molecule has 3 rings (SSSR count). The van der Waals surface area contributed by atoms with E-state index in [9.17, 15) is 4.79 Å². The summed E-state index contributed by atoms with van der Waals surface area (Å²) < 4.78 is 1.50. The molecule has 127 valence electrons. The van der Waals surface area contributed by atoms with Gasteiger partial charge in [0, 0.05) is 82.7 Å². The minimum absolute atomic E-state index is 0. The van der Waals surface area contributed by atoms with Crippen molar-refractivity contribution in [2.45, 2.75) is 13.8 Å². The molecule has 7 heteroatoms. The zero-order valence-electron chi connectivity index (χ0n) is 14.6. The Hall–Kier alpha value is -1.24. The average molecular weight is 403 g/mol. The van der Waals surface area contributed by atoms with Crippen LogP contribution in [0.1, 0.15) is 13.8 Å². The first-order valence-corrected chi connectivity index (χ1v) is 7.93. The fourth-order valence-electron chi connectivity index (χ4n) is 2.41. The molecule has 0 bridgehead atoms. The molecule has 1 saturated heterocycles. The van der Waals surface area contributed by atoms with E-state index in [-0.39, 0.29) is 38.3 Å². The molecule has 0 unspecified atom stereocenters. The van der Waals surface area contributed by atoms with Crippen molar-refractivity contribution in [1.82, 2.24) is 14.5 Å². The molecule has 3 heterocycles. The Balaban J connectivity index is 0.000000925. The van der Waals surface area contributed by atoms with Crippen molar-refractivity contribution in [1.29, 1.82) is 0 Å². The number of nitrogen functional groups attached to an aromatic ring is 1. The Morgan fingerprint density at radius 3 is 2.42 bits per heavy atom. The predicted molar refractivity (Wildman–Crippen MR) is 94.1 cm³/mol. The summed E-state index contributed by atoms with van der Waals surface area (Å²) in [5.74, 6) is 0.527. The van der Waals surface area contributed by atoms with Crippen LogP contribution in [0.25, 0.3) is 5.82 Å². The molecule has 1 fully saturated rings. The van der Waals surface area contributed by atoms with Gasteiger partial charge in [-0.25, -0.2) is 0 Å². The van der Waals surface area contributed by atoms with Crippen molar-refractivity contribution in [3.63, 3.8) is 0 Å². The van der Waals surface area contributed by atoms with Crippen LogP contribution in [0, 0.1) is 6.07 Å². The topological polar surface area (TPSA) is 67.4 Å². The largest absolute Gasteiger partial charge is 0.418 e. The SMILES string of the molecule is CC.CN1CCN(c2ccn(-c3c[c-]c(N)cn3)c(=O)c2)CC1.[Y]. The Kier molecular flexibility index (Phi) is 8.60. The number of rotatable bonds is 2. The maximum atomic E-state index is 12.3. The van der Waals surface area contributed by atoms with Crippen LogP contribution in [0.4, 0.5) is 11.4 Å². The first-order valence-electron chi connectivity index (χ1n) is 7.93. The Morgan fingerprint density at radius 1 is 1.21 bits per heavy atom. The van der Waals surface area contributed by atoms with Gasteiger partial charge in [-0.2, -0.15) is 6.07 Å². The molecule has 0 atom stereocenters. The monoisotopic (exact) mass is 403 g/mol. The van der Waals surface area contributed by atoms with E-state index in [1.54, 1.807) is 18.3 Å².